The lowest BCUT2D eigenvalue weighted by Crippen LogP contribution is -2.40. The Balaban J connectivity index is 2.03. The summed E-state index contributed by atoms with van der Waals surface area (Å²) < 4.78 is 10.5. The molecule has 144 valence electrons. The maximum atomic E-state index is 11.9. The van der Waals surface area contributed by atoms with Crippen molar-refractivity contribution in [2.45, 2.75) is 40.3 Å². The van der Waals surface area contributed by atoms with Crippen molar-refractivity contribution in [2.75, 3.05) is 26.7 Å². The Hall–Kier alpha value is -2.31. The van der Waals surface area contributed by atoms with Gasteiger partial charge >= 0.3 is 5.97 Å². The molecule has 2 heterocycles. The second-order valence-electron chi connectivity index (χ2n) is 6.85. The molecule has 0 bridgehead atoms. The molecule has 1 aliphatic rings. The summed E-state index contributed by atoms with van der Waals surface area (Å²) in [5, 5.41) is 3.31. The van der Waals surface area contributed by atoms with E-state index in [0.29, 0.717) is 19.0 Å². The van der Waals surface area contributed by atoms with Gasteiger partial charge in [0.15, 0.2) is 5.96 Å². The Labute approximate surface area is 155 Å². The topological polar surface area (TPSA) is 76.1 Å². The number of pyridine rings is 1. The predicted molar refractivity (Wildman–Crippen MR) is 101 cm³/mol. The lowest BCUT2D eigenvalue weighted by atomic mass is 9.99. The van der Waals surface area contributed by atoms with Crippen molar-refractivity contribution >= 4 is 11.9 Å². The number of nitrogens with one attached hydrogen (secondary N) is 1. The maximum absolute atomic E-state index is 11.9. The molecule has 26 heavy (non-hydrogen) atoms. The number of hydrogen-bond acceptors (Lipinski definition) is 5. The summed E-state index contributed by atoms with van der Waals surface area (Å²) in [6.07, 6.45) is 1.89. The number of carbonyl (C=O) groups is 1. The number of esters is 1. The van der Waals surface area contributed by atoms with Gasteiger partial charge in [-0.1, -0.05) is 13.0 Å². The number of aromatic nitrogens is 1. The molecule has 0 amide bonds. The molecule has 0 aromatic carbocycles. The van der Waals surface area contributed by atoms with E-state index in [-0.39, 0.29) is 23.9 Å². The summed E-state index contributed by atoms with van der Waals surface area (Å²) in [5.74, 6) is 1.40. The van der Waals surface area contributed by atoms with Crippen LogP contribution < -0.4 is 10.1 Å². The Morgan fingerprint density at radius 3 is 2.77 bits per heavy atom. The fourth-order valence-corrected chi connectivity index (χ4v) is 3.01. The molecule has 7 heteroatoms. The number of nitrogens with zero attached hydrogens (tertiary/aromatic N) is 3. The minimum Gasteiger partial charge on any atom is -0.475 e. The zero-order chi connectivity index (χ0) is 19.1. The van der Waals surface area contributed by atoms with E-state index in [4.69, 9.17) is 14.5 Å². The highest BCUT2D eigenvalue weighted by Crippen LogP contribution is 2.24. The fourth-order valence-electron chi connectivity index (χ4n) is 3.01. The Morgan fingerprint density at radius 2 is 2.19 bits per heavy atom. The van der Waals surface area contributed by atoms with Crippen molar-refractivity contribution in [1.29, 1.82) is 0 Å². The van der Waals surface area contributed by atoms with Crippen LogP contribution in [-0.4, -0.2) is 54.7 Å². The van der Waals surface area contributed by atoms with Crippen LogP contribution >= 0.6 is 0 Å². The van der Waals surface area contributed by atoms with Crippen LogP contribution in [0.4, 0.5) is 0 Å². The Bertz CT molecular complexity index is 616. The second kappa shape index (κ2) is 9.40. The van der Waals surface area contributed by atoms with Crippen LogP contribution in [0.2, 0.25) is 0 Å². The fraction of sp³-hybridized carbons (Fsp3) is 0.632. The molecule has 0 spiro atoms. The molecule has 1 aromatic heterocycles. The molecule has 0 aliphatic carbocycles. The van der Waals surface area contributed by atoms with Crippen molar-refractivity contribution in [3.05, 3.63) is 23.9 Å². The Morgan fingerprint density at radius 1 is 1.42 bits per heavy atom. The van der Waals surface area contributed by atoms with E-state index in [0.717, 1.165) is 24.6 Å². The van der Waals surface area contributed by atoms with Gasteiger partial charge in [0.25, 0.3) is 0 Å². The van der Waals surface area contributed by atoms with Gasteiger partial charge < -0.3 is 19.7 Å². The molecular weight excluding hydrogens is 332 g/mol. The van der Waals surface area contributed by atoms with Gasteiger partial charge in [0.1, 0.15) is 0 Å². The number of hydrogen-bond donors (Lipinski definition) is 1. The molecule has 7 nitrogen and oxygen atoms in total. The summed E-state index contributed by atoms with van der Waals surface area (Å²) in [6.45, 7) is 10.7. The van der Waals surface area contributed by atoms with Crippen LogP contribution in [0.15, 0.2) is 23.3 Å². The highest BCUT2D eigenvalue weighted by Gasteiger charge is 2.36. The zero-order valence-corrected chi connectivity index (χ0v) is 16.4. The zero-order valence-electron chi connectivity index (χ0n) is 16.4. The summed E-state index contributed by atoms with van der Waals surface area (Å²) in [6, 6.07) is 3.84. The average Bonchev–Trinajstić information content (AvgIpc) is 3.00. The molecule has 2 atom stereocenters. The van der Waals surface area contributed by atoms with E-state index in [1.807, 2.05) is 32.9 Å². The molecule has 2 rings (SSSR count). The minimum atomic E-state index is -0.152. The molecule has 1 aromatic rings. The van der Waals surface area contributed by atoms with Gasteiger partial charge in [-0.2, -0.15) is 0 Å². The molecule has 2 unspecified atom stereocenters. The first-order valence-electron chi connectivity index (χ1n) is 9.17. The SMILES string of the molecule is CCNC(=NCc1ccc(OC(C)C)nc1)N1CC(C)C(C(=O)OC)C1. The van der Waals surface area contributed by atoms with E-state index in [1.165, 1.54) is 7.11 Å². The van der Waals surface area contributed by atoms with Gasteiger partial charge in [-0.3, -0.25) is 4.79 Å². The van der Waals surface area contributed by atoms with Crippen LogP contribution in [-0.2, 0) is 16.1 Å². The van der Waals surface area contributed by atoms with E-state index >= 15 is 0 Å². The third-order valence-corrected chi connectivity index (χ3v) is 4.32. The standard InChI is InChI=1S/C19H30N4O3/c1-6-20-19(23-11-14(4)16(12-23)18(24)25-5)22-10-15-7-8-17(21-9-15)26-13(2)3/h7-9,13-14,16H,6,10-12H2,1-5H3,(H,20,22). The second-order valence-corrected chi connectivity index (χ2v) is 6.85. The number of aliphatic imine (C=N–C) groups is 1. The highest BCUT2D eigenvalue weighted by molar-refractivity contribution is 5.82. The first kappa shape index (κ1) is 20.0. The van der Waals surface area contributed by atoms with Crippen molar-refractivity contribution < 1.29 is 14.3 Å². The number of guanidine groups is 1. The molecule has 1 saturated heterocycles. The predicted octanol–water partition coefficient (Wildman–Crippen LogP) is 2.08. The molecule has 1 N–H and O–H groups in total. The lowest BCUT2D eigenvalue weighted by Gasteiger charge is -2.21. The maximum Gasteiger partial charge on any atom is 0.310 e. The summed E-state index contributed by atoms with van der Waals surface area (Å²) in [4.78, 5) is 23.1. The number of rotatable bonds is 6. The van der Waals surface area contributed by atoms with Crippen LogP contribution in [0.5, 0.6) is 5.88 Å². The minimum absolute atomic E-state index is 0.103. The van der Waals surface area contributed by atoms with Gasteiger partial charge in [-0.25, -0.2) is 9.98 Å². The van der Waals surface area contributed by atoms with Crippen LogP contribution in [0.25, 0.3) is 0 Å². The summed E-state index contributed by atoms with van der Waals surface area (Å²) >= 11 is 0. The lowest BCUT2D eigenvalue weighted by molar-refractivity contribution is -0.145. The van der Waals surface area contributed by atoms with E-state index in [9.17, 15) is 4.79 Å². The van der Waals surface area contributed by atoms with E-state index in [2.05, 4.69) is 22.1 Å². The molecular formula is C19H30N4O3. The molecule has 0 radical (unpaired) electrons. The van der Waals surface area contributed by atoms with Gasteiger partial charge in [0.05, 0.1) is 25.7 Å². The molecule has 1 aliphatic heterocycles. The van der Waals surface area contributed by atoms with E-state index < -0.39 is 0 Å². The molecule has 0 saturated carbocycles. The number of carbonyl (C=O) groups excluding carboxylic acids is 1. The summed E-state index contributed by atoms with van der Waals surface area (Å²) in [7, 11) is 1.44. The number of likely N-dealkylation sites (tertiary alicyclic amines) is 1. The third-order valence-electron chi connectivity index (χ3n) is 4.32. The van der Waals surface area contributed by atoms with Gasteiger partial charge in [-0.05, 0) is 32.3 Å². The average molecular weight is 362 g/mol. The van der Waals surface area contributed by atoms with Crippen LogP contribution in [0, 0.1) is 11.8 Å². The molecule has 1 fully saturated rings. The van der Waals surface area contributed by atoms with Crippen molar-refractivity contribution in [2.24, 2.45) is 16.8 Å². The first-order chi connectivity index (χ1) is 12.4. The number of ether oxygens (including phenoxy) is 2. The first-order valence-corrected chi connectivity index (χ1v) is 9.17. The van der Waals surface area contributed by atoms with Gasteiger partial charge in [0, 0.05) is 31.9 Å². The largest absolute Gasteiger partial charge is 0.475 e. The quantitative estimate of drug-likeness (QED) is 0.474. The van der Waals surface area contributed by atoms with E-state index in [1.54, 1.807) is 6.20 Å². The van der Waals surface area contributed by atoms with Gasteiger partial charge in [0.2, 0.25) is 5.88 Å². The third kappa shape index (κ3) is 5.34. The number of methoxy groups -OCH3 is 1. The van der Waals surface area contributed by atoms with Crippen molar-refractivity contribution in [1.82, 2.24) is 15.2 Å². The van der Waals surface area contributed by atoms with Crippen LogP contribution in [0.1, 0.15) is 33.3 Å². The monoisotopic (exact) mass is 362 g/mol. The van der Waals surface area contributed by atoms with Crippen molar-refractivity contribution in [3.63, 3.8) is 0 Å². The smallest absolute Gasteiger partial charge is 0.310 e. The Kier molecular flexibility index (Phi) is 7.24. The van der Waals surface area contributed by atoms with Gasteiger partial charge in [-0.15, -0.1) is 0 Å². The highest BCUT2D eigenvalue weighted by atomic mass is 16.5. The normalized spacial score (nSPS) is 20.4. The van der Waals surface area contributed by atoms with Crippen molar-refractivity contribution in [3.8, 4) is 5.88 Å². The summed E-state index contributed by atoms with van der Waals surface area (Å²) in [5.41, 5.74) is 1.01. The van der Waals surface area contributed by atoms with Crippen LogP contribution in [0.3, 0.4) is 0 Å².